The van der Waals surface area contributed by atoms with Gasteiger partial charge in [-0.3, -0.25) is 24.9 Å². The summed E-state index contributed by atoms with van der Waals surface area (Å²) in [5.41, 5.74) is 15.7. The highest BCUT2D eigenvalue weighted by molar-refractivity contribution is 5.34. The van der Waals surface area contributed by atoms with Gasteiger partial charge in [0.05, 0.1) is 12.0 Å². The van der Waals surface area contributed by atoms with E-state index in [1.807, 2.05) is 67.8 Å². The van der Waals surface area contributed by atoms with E-state index in [-0.39, 0.29) is 31.1 Å². The van der Waals surface area contributed by atoms with Crippen molar-refractivity contribution in [1.82, 2.24) is 34.9 Å². The van der Waals surface area contributed by atoms with Crippen LogP contribution < -0.4 is 0 Å². The monoisotopic (exact) mass is 1090 g/mol. The number of aryl methyl sites for hydroxylation is 3. The van der Waals surface area contributed by atoms with Gasteiger partial charge in [-0.05, 0) is 153 Å². The number of H-pyrrole nitrogens is 1. The smallest absolute Gasteiger partial charge is 0.0925 e. The van der Waals surface area contributed by atoms with Gasteiger partial charge >= 0.3 is 0 Å². The predicted octanol–water partition coefficient (Wildman–Crippen LogP) is 20.2. The summed E-state index contributed by atoms with van der Waals surface area (Å²) in [6.07, 6.45) is 24.4. The van der Waals surface area contributed by atoms with Crippen molar-refractivity contribution in [2.24, 2.45) is 16.2 Å². The molecule has 7 heteroatoms. The van der Waals surface area contributed by atoms with Crippen LogP contribution in [0.3, 0.4) is 0 Å². The Morgan fingerprint density at radius 2 is 0.838 bits per heavy atom. The van der Waals surface area contributed by atoms with Crippen molar-refractivity contribution in [3.63, 3.8) is 0 Å². The van der Waals surface area contributed by atoms with Gasteiger partial charge in [0.15, 0.2) is 0 Å². The maximum absolute atomic E-state index is 4.51. The second kappa shape index (κ2) is 30.3. The summed E-state index contributed by atoms with van der Waals surface area (Å²) in [6, 6.07) is 31.2. The van der Waals surface area contributed by atoms with Crippen molar-refractivity contribution < 1.29 is 0 Å². The van der Waals surface area contributed by atoms with Crippen LogP contribution in [0.4, 0.5) is 0 Å². The molecule has 0 bridgehead atoms. The predicted molar refractivity (Wildman–Crippen MR) is 346 cm³/mol. The van der Waals surface area contributed by atoms with E-state index < -0.39 is 0 Å². The van der Waals surface area contributed by atoms with Crippen molar-refractivity contribution in [2.75, 3.05) is 0 Å². The van der Waals surface area contributed by atoms with Gasteiger partial charge in [0.2, 0.25) is 0 Å². The van der Waals surface area contributed by atoms with Crippen LogP contribution in [0.15, 0.2) is 147 Å². The molecular formula is C73H111N7. The number of hydrogen-bond acceptors (Lipinski definition) is 6. The minimum atomic E-state index is 0. The first-order valence-corrected chi connectivity index (χ1v) is 28.9. The Hall–Kier alpha value is -5.82. The summed E-state index contributed by atoms with van der Waals surface area (Å²) < 4.78 is 0. The van der Waals surface area contributed by atoms with E-state index in [2.05, 4.69) is 253 Å². The Bertz CT molecular complexity index is 2500. The van der Waals surface area contributed by atoms with Gasteiger partial charge in [0, 0.05) is 83.9 Å². The van der Waals surface area contributed by atoms with Crippen molar-refractivity contribution in [2.45, 2.75) is 238 Å². The van der Waals surface area contributed by atoms with Gasteiger partial charge < -0.3 is 4.98 Å². The fraction of sp³-hybridized carbons (Fsp3) is 0.534. The topological polar surface area (TPSA) is 93.1 Å². The molecule has 1 aromatic carbocycles. The first kappa shape index (κ1) is 70.3. The average Bonchev–Trinajstić information content (AvgIpc) is 4.20. The number of fused-ring (bicyclic) bond motifs is 3. The van der Waals surface area contributed by atoms with E-state index in [9.17, 15) is 0 Å². The van der Waals surface area contributed by atoms with Gasteiger partial charge in [0.1, 0.15) is 0 Å². The molecule has 80 heavy (non-hydrogen) atoms. The second-order valence-corrected chi connectivity index (χ2v) is 28.8. The molecule has 0 saturated heterocycles. The van der Waals surface area contributed by atoms with Gasteiger partial charge in [-0.2, -0.15) is 0 Å². The molecule has 0 aliphatic heterocycles. The Balaban J connectivity index is 0.000000319. The van der Waals surface area contributed by atoms with Crippen LogP contribution in [-0.2, 0) is 40.9 Å². The lowest BCUT2D eigenvalue weighted by Gasteiger charge is -2.27. The van der Waals surface area contributed by atoms with E-state index in [1.54, 1.807) is 6.20 Å². The molecule has 0 amide bonds. The van der Waals surface area contributed by atoms with Crippen LogP contribution in [0.5, 0.6) is 0 Å². The van der Waals surface area contributed by atoms with Gasteiger partial charge in [-0.1, -0.05) is 209 Å². The number of nitrogens with one attached hydrogen (secondary N) is 1. The third-order valence-corrected chi connectivity index (χ3v) is 15.0. The van der Waals surface area contributed by atoms with Crippen molar-refractivity contribution in [3.05, 3.63) is 203 Å². The van der Waals surface area contributed by atoms with Crippen molar-refractivity contribution >= 4 is 0 Å². The maximum atomic E-state index is 4.51. The first-order valence-electron chi connectivity index (χ1n) is 28.9. The first-order chi connectivity index (χ1) is 36.2. The number of pyridine rings is 5. The normalized spacial score (nSPS) is 16.2. The lowest BCUT2D eigenvalue weighted by Crippen LogP contribution is -2.16. The molecule has 7 aromatic rings. The lowest BCUT2D eigenvalue weighted by atomic mass is 9.78. The summed E-state index contributed by atoms with van der Waals surface area (Å²) in [7, 11) is 0. The third kappa shape index (κ3) is 22.6. The summed E-state index contributed by atoms with van der Waals surface area (Å²) >= 11 is 0. The molecule has 0 fully saturated rings. The quantitative estimate of drug-likeness (QED) is 0.163. The second-order valence-electron chi connectivity index (χ2n) is 28.8. The van der Waals surface area contributed by atoms with Gasteiger partial charge in [-0.25, -0.2) is 4.98 Å². The standard InChI is InChI=1S/2C12H17N.C10H16N2.C10H14.3C9H13N.2CH4/c1-12(2,3)11-5-4-9-6-7-13-8-10(9)11;1-12(2,3)10-7-6-9-5-4-8-13-11(9)10;1-10(2,3)7-4-5-8-9(7)12-6-11-8;1-10(2,3)9-7-5-4-6-8-9;1-9(2,3)8-4-6-10-7-5-8;1-9(2,3)8-5-4-6-10-7-8;1-9(2,3)8-6-4-5-7-10-8;;/h6-8,11H,4-5H2,1-3H3;4-5,8,10H,6-7H2,1-3H3;6-7H,4-5H2,1-3H3,(H,11,12);4-8H,1-3H3;3*4-7H,1-3H3;2*1H4. The molecule has 7 nitrogen and oxygen atoms in total. The Morgan fingerprint density at radius 1 is 0.362 bits per heavy atom. The van der Waals surface area contributed by atoms with Crippen LogP contribution in [-0.4, -0.2) is 34.9 Å². The summed E-state index contributed by atoms with van der Waals surface area (Å²) in [4.78, 5) is 28.6. The van der Waals surface area contributed by atoms with Crippen molar-refractivity contribution in [3.8, 4) is 0 Å². The minimum absolute atomic E-state index is 0. The summed E-state index contributed by atoms with van der Waals surface area (Å²) in [6.45, 7) is 47.1. The summed E-state index contributed by atoms with van der Waals surface area (Å²) in [5.74, 6) is 2.01. The Morgan fingerprint density at radius 3 is 1.31 bits per heavy atom. The fourth-order valence-corrected chi connectivity index (χ4v) is 10.1. The molecule has 1 N–H and O–H groups in total. The van der Waals surface area contributed by atoms with Gasteiger partial charge in [0.25, 0.3) is 0 Å². The van der Waals surface area contributed by atoms with Crippen LogP contribution in [0.2, 0.25) is 0 Å². The number of rotatable bonds is 0. The zero-order valence-corrected chi connectivity index (χ0v) is 52.5. The number of aromatic nitrogens is 7. The van der Waals surface area contributed by atoms with Crippen molar-refractivity contribution in [1.29, 1.82) is 0 Å². The molecule has 6 heterocycles. The Labute approximate surface area is 490 Å². The Kier molecular flexibility index (Phi) is 26.6. The molecule has 6 aromatic heterocycles. The molecule has 10 rings (SSSR count). The molecule has 0 spiro atoms. The number of nitrogens with zero attached hydrogens (tertiary/aromatic N) is 6. The summed E-state index contributed by atoms with van der Waals surface area (Å²) in [5, 5.41) is 0. The molecule has 0 radical (unpaired) electrons. The molecular weight excluding hydrogens is 975 g/mol. The highest BCUT2D eigenvalue weighted by Gasteiger charge is 2.35. The van der Waals surface area contributed by atoms with Crippen LogP contribution in [0.1, 0.15) is 253 Å². The largest absolute Gasteiger partial charge is 0.348 e. The fourth-order valence-electron chi connectivity index (χ4n) is 10.1. The molecule has 3 unspecified atom stereocenters. The number of imidazole rings is 1. The van der Waals surface area contributed by atoms with E-state index in [1.165, 1.54) is 89.0 Å². The average molecular weight is 1090 g/mol. The van der Waals surface area contributed by atoms with E-state index in [4.69, 9.17) is 0 Å². The number of aromatic amines is 1. The lowest BCUT2D eigenvalue weighted by molar-refractivity contribution is 0.314. The van der Waals surface area contributed by atoms with E-state index in [0.717, 1.165) is 5.69 Å². The van der Waals surface area contributed by atoms with Gasteiger partial charge in [-0.15, -0.1) is 0 Å². The maximum Gasteiger partial charge on any atom is 0.0925 e. The zero-order valence-electron chi connectivity index (χ0n) is 52.5. The van der Waals surface area contributed by atoms with Crippen LogP contribution in [0.25, 0.3) is 0 Å². The SMILES string of the molecule is C.C.CC(C)(C)C1CCc2[nH]cnc21.CC(C)(C)C1CCc2cccnc21.CC(C)(C)C1CCc2ccncc21.CC(C)(C)c1ccccc1.CC(C)(C)c1ccccn1.CC(C)(C)c1cccnc1.CC(C)(C)c1ccncc1. The molecule has 3 atom stereocenters. The molecule has 3 aliphatic rings. The zero-order chi connectivity index (χ0) is 58.2. The number of benzene rings is 1. The van der Waals surface area contributed by atoms with Crippen LogP contribution >= 0.6 is 0 Å². The highest BCUT2D eigenvalue weighted by Crippen LogP contribution is 2.45. The third-order valence-electron chi connectivity index (χ3n) is 15.0. The highest BCUT2D eigenvalue weighted by atomic mass is 14.9. The van der Waals surface area contributed by atoms with Crippen LogP contribution in [0, 0.1) is 16.2 Å². The number of hydrogen-bond donors (Lipinski definition) is 1. The molecule has 438 valence electrons. The minimum Gasteiger partial charge on any atom is -0.348 e. The van der Waals surface area contributed by atoms with E-state index in [0.29, 0.717) is 39.4 Å². The molecule has 0 saturated carbocycles. The molecule has 3 aliphatic carbocycles. The van der Waals surface area contributed by atoms with E-state index >= 15 is 0 Å².